The minimum atomic E-state index is -0.0918. The molecule has 1 atom stereocenters. The first-order valence-corrected chi connectivity index (χ1v) is 4.63. The molecule has 4 N–H and O–H groups in total. The number of fused-ring (bicyclic) bond motifs is 1. The topological polar surface area (TPSA) is 70.5 Å². The zero-order chi connectivity index (χ0) is 10.1. The van der Waals surface area contributed by atoms with Crippen LogP contribution in [0.4, 0.5) is 5.69 Å². The summed E-state index contributed by atoms with van der Waals surface area (Å²) >= 11 is 0. The second-order valence-electron chi connectivity index (χ2n) is 3.41. The number of ether oxygens (including phenoxy) is 2. The lowest BCUT2D eigenvalue weighted by Gasteiger charge is -2.21. The maximum absolute atomic E-state index is 5.83. The largest absolute Gasteiger partial charge is 0.486 e. The highest BCUT2D eigenvalue weighted by molar-refractivity contribution is 5.59. The molecule has 1 unspecified atom stereocenters. The third-order valence-electron chi connectivity index (χ3n) is 2.24. The van der Waals surface area contributed by atoms with Crippen molar-refractivity contribution in [3.05, 3.63) is 17.7 Å². The first-order valence-electron chi connectivity index (χ1n) is 4.63. The van der Waals surface area contributed by atoms with Gasteiger partial charge in [0.25, 0.3) is 0 Å². The molecule has 4 nitrogen and oxygen atoms in total. The average molecular weight is 194 g/mol. The van der Waals surface area contributed by atoms with E-state index in [0.29, 0.717) is 24.7 Å². The Morgan fingerprint density at radius 3 is 2.36 bits per heavy atom. The van der Waals surface area contributed by atoms with Crippen LogP contribution in [0.5, 0.6) is 11.5 Å². The summed E-state index contributed by atoms with van der Waals surface area (Å²) in [6.45, 7) is 3.04. The summed E-state index contributed by atoms with van der Waals surface area (Å²) in [4.78, 5) is 0. The summed E-state index contributed by atoms with van der Waals surface area (Å²) in [5.41, 5.74) is 13.2. The van der Waals surface area contributed by atoms with Gasteiger partial charge >= 0.3 is 0 Å². The first-order chi connectivity index (χ1) is 6.68. The van der Waals surface area contributed by atoms with Crippen molar-refractivity contribution in [3.8, 4) is 11.5 Å². The predicted octanol–water partition coefficient (Wildman–Crippen LogP) is 1.06. The Hall–Kier alpha value is -1.42. The standard InChI is InChI=1S/C10H14N2O2/c1-6(11)7-4-9-10(5-8(7)12)14-3-2-13-9/h4-6H,2-3,11-12H2,1H3. The van der Waals surface area contributed by atoms with E-state index in [9.17, 15) is 0 Å². The monoisotopic (exact) mass is 194 g/mol. The highest BCUT2D eigenvalue weighted by Gasteiger charge is 2.15. The van der Waals surface area contributed by atoms with E-state index in [0.717, 1.165) is 11.3 Å². The van der Waals surface area contributed by atoms with Crippen LogP contribution in [0.25, 0.3) is 0 Å². The van der Waals surface area contributed by atoms with Crippen molar-refractivity contribution < 1.29 is 9.47 Å². The molecule has 4 heteroatoms. The number of anilines is 1. The van der Waals surface area contributed by atoms with Gasteiger partial charge in [0, 0.05) is 17.8 Å². The summed E-state index contributed by atoms with van der Waals surface area (Å²) in [6.07, 6.45) is 0. The highest BCUT2D eigenvalue weighted by atomic mass is 16.6. The van der Waals surface area contributed by atoms with Crippen LogP contribution < -0.4 is 20.9 Å². The van der Waals surface area contributed by atoms with Crippen LogP contribution in [0.1, 0.15) is 18.5 Å². The lowest BCUT2D eigenvalue weighted by Crippen LogP contribution is -2.17. The zero-order valence-corrected chi connectivity index (χ0v) is 8.12. The van der Waals surface area contributed by atoms with Crippen molar-refractivity contribution in [1.82, 2.24) is 0 Å². The summed E-state index contributed by atoms with van der Waals surface area (Å²) in [7, 11) is 0. The highest BCUT2D eigenvalue weighted by Crippen LogP contribution is 2.35. The SMILES string of the molecule is CC(N)c1cc2c(cc1N)OCCO2. The van der Waals surface area contributed by atoms with Gasteiger partial charge < -0.3 is 20.9 Å². The third-order valence-corrected chi connectivity index (χ3v) is 2.24. The summed E-state index contributed by atoms with van der Waals surface area (Å²) in [5.74, 6) is 1.44. The molecular formula is C10H14N2O2. The average Bonchev–Trinajstić information content (AvgIpc) is 2.16. The molecule has 0 saturated carbocycles. The van der Waals surface area contributed by atoms with E-state index in [1.165, 1.54) is 0 Å². The van der Waals surface area contributed by atoms with E-state index in [-0.39, 0.29) is 6.04 Å². The van der Waals surface area contributed by atoms with Gasteiger partial charge in [0.2, 0.25) is 0 Å². The number of nitrogen functional groups attached to an aromatic ring is 1. The van der Waals surface area contributed by atoms with Crippen molar-refractivity contribution >= 4 is 5.69 Å². The molecular weight excluding hydrogens is 180 g/mol. The lowest BCUT2D eigenvalue weighted by atomic mass is 10.1. The predicted molar refractivity (Wildman–Crippen MR) is 54.4 cm³/mol. The van der Waals surface area contributed by atoms with Gasteiger partial charge in [-0.2, -0.15) is 0 Å². The van der Waals surface area contributed by atoms with Crippen LogP contribution in [0.15, 0.2) is 12.1 Å². The van der Waals surface area contributed by atoms with Gasteiger partial charge in [-0.15, -0.1) is 0 Å². The number of nitrogens with two attached hydrogens (primary N) is 2. The van der Waals surface area contributed by atoms with E-state index >= 15 is 0 Å². The molecule has 0 fully saturated rings. The lowest BCUT2D eigenvalue weighted by molar-refractivity contribution is 0.171. The molecule has 2 rings (SSSR count). The number of hydrogen-bond acceptors (Lipinski definition) is 4. The van der Waals surface area contributed by atoms with Gasteiger partial charge in [-0.3, -0.25) is 0 Å². The quantitative estimate of drug-likeness (QED) is 0.656. The van der Waals surface area contributed by atoms with Crippen LogP contribution in [-0.4, -0.2) is 13.2 Å². The Bertz CT molecular complexity index is 350. The maximum atomic E-state index is 5.83. The molecule has 0 amide bonds. The Kier molecular flexibility index (Phi) is 2.21. The molecule has 76 valence electrons. The summed E-state index contributed by atoms with van der Waals surface area (Å²) in [5, 5.41) is 0. The molecule has 0 bridgehead atoms. The van der Waals surface area contributed by atoms with Gasteiger partial charge in [-0.05, 0) is 18.6 Å². The first kappa shape index (κ1) is 9.15. The second-order valence-corrected chi connectivity index (χ2v) is 3.41. The Labute approximate surface area is 82.8 Å². The van der Waals surface area contributed by atoms with Gasteiger partial charge in [0.1, 0.15) is 13.2 Å². The normalized spacial score (nSPS) is 16.4. The van der Waals surface area contributed by atoms with E-state index in [1.807, 2.05) is 13.0 Å². The van der Waals surface area contributed by atoms with Gasteiger partial charge in [-0.1, -0.05) is 0 Å². The molecule has 0 spiro atoms. The fourth-order valence-corrected chi connectivity index (χ4v) is 1.51. The minimum absolute atomic E-state index is 0.0918. The number of hydrogen-bond donors (Lipinski definition) is 2. The molecule has 0 radical (unpaired) electrons. The van der Waals surface area contributed by atoms with E-state index in [4.69, 9.17) is 20.9 Å². The number of rotatable bonds is 1. The fraction of sp³-hybridized carbons (Fsp3) is 0.400. The molecule has 1 aromatic rings. The molecule has 1 aromatic carbocycles. The third kappa shape index (κ3) is 1.48. The Balaban J connectivity index is 2.45. The van der Waals surface area contributed by atoms with Gasteiger partial charge in [-0.25, -0.2) is 0 Å². The molecule has 0 aliphatic carbocycles. The Morgan fingerprint density at radius 1 is 1.21 bits per heavy atom. The van der Waals surface area contributed by atoms with Crippen LogP contribution in [-0.2, 0) is 0 Å². The van der Waals surface area contributed by atoms with E-state index < -0.39 is 0 Å². The zero-order valence-electron chi connectivity index (χ0n) is 8.12. The molecule has 1 aliphatic heterocycles. The van der Waals surface area contributed by atoms with Crippen LogP contribution >= 0.6 is 0 Å². The van der Waals surface area contributed by atoms with Crippen molar-refractivity contribution in [1.29, 1.82) is 0 Å². The fourth-order valence-electron chi connectivity index (χ4n) is 1.51. The van der Waals surface area contributed by atoms with E-state index in [1.54, 1.807) is 6.07 Å². The van der Waals surface area contributed by atoms with Crippen molar-refractivity contribution in [2.24, 2.45) is 5.73 Å². The van der Waals surface area contributed by atoms with Gasteiger partial charge in [0.15, 0.2) is 11.5 Å². The van der Waals surface area contributed by atoms with Crippen molar-refractivity contribution in [3.63, 3.8) is 0 Å². The smallest absolute Gasteiger partial charge is 0.163 e. The molecule has 0 saturated heterocycles. The Morgan fingerprint density at radius 2 is 1.79 bits per heavy atom. The number of benzene rings is 1. The van der Waals surface area contributed by atoms with Crippen molar-refractivity contribution in [2.45, 2.75) is 13.0 Å². The maximum Gasteiger partial charge on any atom is 0.163 e. The second kappa shape index (κ2) is 3.38. The molecule has 14 heavy (non-hydrogen) atoms. The van der Waals surface area contributed by atoms with Crippen LogP contribution in [0.3, 0.4) is 0 Å². The van der Waals surface area contributed by atoms with Crippen molar-refractivity contribution in [2.75, 3.05) is 18.9 Å². The molecule has 0 aromatic heterocycles. The van der Waals surface area contributed by atoms with Crippen LogP contribution in [0.2, 0.25) is 0 Å². The summed E-state index contributed by atoms with van der Waals surface area (Å²) < 4.78 is 10.8. The summed E-state index contributed by atoms with van der Waals surface area (Å²) in [6, 6.07) is 3.53. The molecule has 1 heterocycles. The molecule has 1 aliphatic rings. The van der Waals surface area contributed by atoms with Crippen LogP contribution in [0, 0.1) is 0 Å². The minimum Gasteiger partial charge on any atom is -0.486 e. The van der Waals surface area contributed by atoms with Gasteiger partial charge in [0.05, 0.1) is 0 Å². The van der Waals surface area contributed by atoms with E-state index in [2.05, 4.69) is 0 Å².